The molecule has 4 heteroatoms. The Bertz CT molecular complexity index is 1300. The van der Waals surface area contributed by atoms with Gasteiger partial charge in [-0.2, -0.15) is 0 Å². The van der Waals surface area contributed by atoms with Gasteiger partial charge in [0.15, 0.2) is 6.29 Å². The van der Waals surface area contributed by atoms with Crippen LogP contribution in [0.4, 0.5) is 0 Å². The molecule has 1 heterocycles. The standard InChI is InChI=1S/C30H24N2O2/c1-34-28-19-11-12-23(21-33)29(28)27-20-32(22-31-27)30(24-13-5-2-6-14-24,25-15-7-3-8-16-25)26-17-9-4-10-18-26/h2-22H,1H3. The molecule has 0 aliphatic rings. The third-order valence-electron chi connectivity index (χ3n) is 6.21. The minimum absolute atomic E-state index is 0.536. The maximum Gasteiger partial charge on any atom is 0.150 e. The van der Waals surface area contributed by atoms with Gasteiger partial charge in [-0.15, -0.1) is 0 Å². The van der Waals surface area contributed by atoms with Crippen LogP contribution >= 0.6 is 0 Å². The molecule has 4 aromatic carbocycles. The van der Waals surface area contributed by atoms with Crippen molar-refractivity contribution in [2.75, 3.05) is 7.11 Å². The maximum absolute atomic E-state index is 11.8. The van der Waals surface area contributed by atoms with Gasteiger partial charge in [-0.1, -0.05) is 103 Å². The molecule has 0 bridgehead atoms. The lowest BCUT2D eigenvalue weighted by atomic mass is 9.77. The largest absolute Gasteiger partial charge is 0.496 e. The van der Waals surface area contributed by atoms with E-state index in [1.54, 1.807) is 13.2 Å². The number of aldehydes is 1. The van der Waals surface area contributed by atoms with Crippen molar-refractivity contribution in [3.8, 4) is 17.0 Å². The number of methoxy groups -OCH3 is 1. The van der Waals surface area contributed by atoms with E-state index in [1.165, 1.54) is 0 Å². The Hall–Kier alpha value is -4.44. The molecule has 0 aliphatic carbocycles. The highest BCUT2D eigenvalue weighted by Crippen LogP contribution is 2.42. The third kappa shape index (κ3) is 3.50. The first-order valence-electron chi connectivity index (χ1n) is 11.1. The number of hydrogen-bond acceptors (Lipinski definition) is 3. The minimum Gasteiger partial charge on any atom is -0.496 e. The zero-order valence-electron chi connectivity index (χ0n) is 18.8. The summed E-state index contributed by atoms with van der Waals surface area (Å²) in [5.74, 6) is 0.611. The molecule has 0 aliphatic heterocycles. The Balaban J connectivity index is 1.83. The topological polar surface area (TPSA) is 44.1 Å². The van der Waals surface area contributed by atoms with Gasteiger partial charge in [0.05, 0.1) is 24.7 Å². The molecule has 0 atom stereocenters. The number of benzene rings is 4. The molecule has 4 nitrogen and oxygen atoms in total. The molecule has 0 amide bonds. The molecule has 1 aromatic heterocycles. The van der Waals surface area contributed by atoms with Crippen molar-refractivity contribution >= 4 is 6.29 Å². The highest BCUT2D eigenvalue weighted by atomic mass is 16.5. The van der Waals surface area contributed by atoms with E-state index in [4.69, 9.17) is 9.72 Å². The summed E-state index contributed by atoms with van der Waals surface area (Å²) in [6, 6.07) is 36.7. The summed E-state index contributed by atoms with van der Waals surface area (Å²) >= 11 is 0. The van der Waals surface area contributed by atoms with E-state index in [2.05, 4.69) is 77.4 Å². The molecule has 34 heavy (non-hydrogen) atoms. The Labute approximate surface area is 199 Å². The van der Waals surface area contributed by atoms with Crippen LogP contribution in [0.15, 0.2) is 122 Å². The van der Waals surface area contributed by atoms with Gasteiger partial charge in [0, 0.05) is 11.8 Å². The van der Waals surface area contributed by atoms with Gasteiger partial charge < -0.3 is 9.30 Å². The van der Waals surface area contributed by atoms with E-state index in [9.17, 15) is 4.79 Å². The van der Waals surface area contributed by atoms with Gasteiger partial charge in [0.1, 0.15) is 11.3 Å². The smallest absolute Gasteiger partial charge is 0.150 e. The molecular weight excluding hydrogens is 420 g/mol. The van der Waals surface area contributed by atoms with Gasteiger partial charge in [0.2, 0.25) is 0 Å². The first-order chi connectivity index (χ1) is 16.8. The van der Waals surface area contributed by atoms with E-state index >= 15 is 0 Å². The molecule has 0 unspecified atom stereocenters. The minimum atomic E-state index is -0.668. The molecule has 5 aromatic rings. The van der Waals surface area contributed by atoms with Crippen LogP contribution in [0.2, 0.25) is 0 Å². The first-order valence-corrected chi connectivity index (χ1v) is 11.1. The van der Waals surface area contributed by atoms with Gasteiger partial charge in [-0.3, -0.25) is 4.79 Å². The van der Waals surface area contributed by atoms with Crippen LogP contribution in [-0.4, -0.2) is 22.9 Å². The van der Waals surface area contributed by atoms with Crippen molar-refractivity contribution in [2.24, 2.45) is 0 Å². The molecule has 0 N–H and O–H groups in total. The number of aromatic nitrogens is 2. The molecule has 166 valence electrons. The third-order valence-corrected chi connectivity index (χ3v) is 6.21. The number of hydrogen-bond donors (Lipinski definition) is 0. The predicted octanol–water partition coefficient (Wildman–Crippen LogP) is 6.21. The van der Waals surface area contributed by atoms with Crippen LogP contribution < -0.4 is 4.74 Å². The van der Waals surface area contributed by atoms with Crippen molar-refractivity contribution < 1.29 is 9.53 Å². The lowest BCUT2D eigenvalue weighted by Gasteiger charge is -2.37. The number of carbonyl (C=O) groups excluding carboxylic acids is 1. The fraction of sp³-hybridized carbons (Fsp3) is 0.0667. The number of rotatable bonds is 7. The van der Waals surface area contributed by atoms with Gasteiger partial charge in [0.25, 0.3) is 0 Å². The Kier molecular flexibility index (Phi) is 5.79. The highest BCUT2D eigenvalue weighted by molar-refractivity contribution is 5.89. The van der Waals surface area contributed by atoms with Crippen LogP contribution in [0.5, 0.6) is 5.75 Å². The molecule has 0 saturated heterocycles. The first kappa shape index (κ1) is 21.4. The van der Waals surface area contributed by atoms with Crippen molar-refractivity contribution in [1.29, 1.82) is 0 Å². The molecule has 0 radical (unpaired) electrons. The summed E-state index contributed by atoms with van der Waals surface area (Å²) < 4.78 is 7.71. The van der Waals surface area contributed by atoms with Crippen molar-refractivity contribution in [3.63, 3.8) is 0 Å². The predicted molar refractivity (Wildman–Crippen MR) is 134 cm³/mol. The lowest BCUT2D eigenvalue weighted by Crippen LogP contribution is -2.36. The molecule has 0 saturated carbocycles. The van der Waals surface area contributed by atoms with E-state index in [0.29, 0.717) is 22.6 Å². The number of nitrogens with zero attached hydrogens (tertiary/aromatic N) is 2. The van der Waals surface area contributed by atoms with E-state index in [0.717, 1.165) is 23.0 Å². The van der Waals surface area contributed by atoms with E-state index < -0.39 is 5.54 Å². The summed E-state index contributed by atoms with van der Waals surface area (Å²) in [6.07, 6.45) is 4.68. The fourth-order valence-corrected chi connectivity index (χ4v) is 4.71. The number of ether oxygens (including phenoxy) is 1. The molecular formula is C30H24N2O2. The highest BCUT2D eigenvalue weighted by Gasteiger charge is 2.38. The van der Waals surface area contributed by atoms with Gasteiger partial charge in [-0.05, 0) is 22.8 Å². The summed E-state index contributed by atoms with van der Waals surface area (Å²) in [6.45, 7) is 0. The monoisotopic (exact) mass is 444 g/mol. The van der Waals surface area contributed by atoms with Crippen molar-refractivity contribution in [2.45, 2.75) is 5.54 Å². The molecule has 5 rings (SSSR count). The zero-order valence-corrected chi connectivity index (χ0v) is 18.8. The van der Waals surface area contributed by atoms with Crippen molar-refractivity contribution in [3.05, 3.63) is 144 Å². The quantitative estimate of drug-likeness (QED) is 0.221. The van der Waals surface area contributed by atoms with Gasteiger partial charge >= 0.3 is 0 Å². The molecule has 0 fully saturated rings. The lowest BCUT2D eigenvalue weighted by molar-refractivity contribution is 0.112. The second kappa shape index (κ2) is 9.20. The summed E-state index contributed by atoms with van der Waals surface area (Å²) in [7, 11) is 1.60. The zero-order chi connectivity index (χ0) is 23.4. The van der Waals surface area contributed by atoms with Crippen LogP contribution in [0.3, 0.4) is 0 Å². The SMILES string of the molecule is COc1cccc(C=O)c1-c1cn(C(c2ccccc2)(c2ccccc2)c2ccccc2)cn1. The van der Waals surface area contributed by atoms with Crippen LogP contribution in [0.1, 0.15) is 27.0 Å². The van der Waals surface area contributed by atoms with Gasteiger partial charge in [-0.25, -0.2) is 4.98 Å². The average Bonchev–Trinajstić information content (AvgIpc) is 3.40. The summed E-state index contributed by atoms with van der Waals surface area (Å²) in [5, 5.41) is 0. The Morgan fingerprint density at radius 1 is 0.735 bits per heavy atom. The normalized spacial score (nSPS) is 11.2. The molecule has 0 spiro atoms. The van der Waals surface area contributed by atoms with Crippen LogP contribution in [-0.2, 0) is 5.54 Å². The summed E-state index contributed by atoms with van der Waals surface area (Å²) in [5.41, 5.74) is 4.53. The second-order valence-corrected chi connectivity index (χ2v) is 8.02. The average molecular weight is 445 g/mol. The number of imidazole rings is 1. The van der Waals surface area contributed by atoms with E-state index in [1.807, 2.05) is 42.9 Å². The van der Waals surface area contributed by atoms with Crippen molar-refractivity contribution in [1.82, 2.24) is 9.55 Å². The van der Waals surface area contributed by atoms with Crippen LogP contribution in [0, 0.1) is 0 Å². The Morgan fingerprint density at radius 2 is 1.26 bits per heavy atom. The second-order valence-electron chi connectivity index (χ2n) is 8.02. The summed E-state index contributed by atoms with van der Waals surface area (Å²) in [4.78, 5) is 16.6. The fourth-order valence-electron chi connectivity index (χ4n) is 4.71. The number of carbonyl (C=O) groups is 1. The van der Waals surface area contributed by atoms with E-state index in [-0.39, 0.29) is 0 Å². The van der Waals surface area contributed by atoms with Crippen LogP contribution in [0.25, 0.3) is 11.3 Å². The maximum atomic E-state index is 11.8. The Morgan fingerprint density at radius 3 is 1.74 bits per heavy atom.